The number of hydrogen-bond acceptors (Lipinski definition) is 6. The van der Waals surface area contributed by atoms with Gasteiger partial charge in [0.25, 0.3) is 11.8 Å². The standard InChI is InChI=1S/C21H20FN3O5/c22-14-7-12-13(8-16(14)24-9-21(10-24)5-3-11(26)4-6-21)20(30)25(19(12)29)15-1-2-17(27)23-18(15)28/h7-8,15H,1-6,9-10H2,(H,23,27,28). The predicted molar refractivity (Wildman–Crippen MR) is 101 cm³/mol. The number of carbonyl (C=O) groups is 5. The topological polar surface area (TPSA) is 104 Å². The zero-order valence-corrected chi connectivity index (χ0v) is 16.2. The summed E-state index contributed by atoms with van der Waals surface area (Å²) in [5, 5.41) is 2.14. The SMILES string of the molecule is O=C1CCC2(CC1)CN(c1cc3c(cc1F)C(=O)N(C1CCC(=O)NC1=O)C3=O)C2. The molecule has 1 spiro atoms. The van der Waals surface area contributed by atoms with E-state index in [0.29, 0.717) is 25.9 Å². The summed E-state index contributed by atoms with van der Waals surface area (Å²) in [5.74, 6) is -2.84. The number of rotatable bonds is 2. The molecule has 0 bridgehead atoms. The molecule has 9 heteroatoms. The van der Waals surface area contributed by atoms with E-state index in [4.69, 9.17) is 0 Å². The molecule has 1 aliphatic carbocycles. The fourth-order valence-electron chi connectivity index (χ4n) is 5.03. The zero-order valence-electron chi connectivity index (χ0n) is 16.2. The van der Waals surface area contributed by atoms with Crippen molar-refractivity contribution < 1.29 is 28.4 Å². The Morgan fingerprint density at radius 2 is 1.57 bits per heavy atom. The highest BCUT2D eigenvalue weighted by atomic mass is 19.1. The van der Waals surface area contributed by atoms with Gasteiger partial charge in [-0.15, -0.1) is 0 Å². The molecule has 1 unspecified atom stereocenters. The fourth-order valence-corrected chi connectivity index (χ4v) is 5.03. The van der Waals surface area contributed by atoms with E-state index in [2.05, 4.69) is 5.32 Å². The summed E-state index contributed by atoms with van der Waals surface area (Å²) in [4.78, 5) is 63.3. The van der Waals surface area contributed by atoms with Gasteiger partial charge in [0.15, 0.2) is 0 Å². The van der Waals surface area contributed by atoms with Crippen LogP contribution in [0.1, 0.15) is 59.2 Å². The third-order valence-electron chi connectivity index (χ3n) is 6.77. The van der Waals surface area contributed by atoms with Gasteiger partial charge in [0.1, 0.15) is 17.6 Å². The number of nitrogens with zero attached hydrogens (tertiary/aromatic N) is 2. The van der Waals surface area contributed by atoms with Crippen LogP contribution in [0, 0.1) is 11.2 Å². The van der Waals surface area contributed by atoms with E-state index < -0.39 is 35.5 Å². The Morgan fingerprint density at radius 3 is 2.20 bits per heavy atom. The molecule has 0 aromatic heterocycles. The highest BCUT2D eigenvalue weighted by Crippen LogP contribution is 2.46. The number of fused-ring (bicyclic) bond motifs is 1. The molecule has 30 heavy (non-hydrogen) atoms. The summed E-state index contributed by atoms with van der Waals surface area (Å²) in [5.41, 5.74) is 0.269. The summed E-state index contributed by atoms with van der Waals surface area (Å²) in [7, 11) is 0. The Balaban J connectivity index is 1.39. The minimum atomic E-state index is -1.08. The molecule has 3 heterocycles. The molecule has 4 amide bonds. The van der Waals surface area contributed by atoms with Crippen molar-refractivity contribution in [2.24, 2.45) is 5.41 Å². The second-order valence-electron chi connectivity index (χ2n) is 8.69. The first-order valence-corrected chi connectivity index (χ1v) is 10.1. The zero-order chi connectivity index (χ0) is 21.2. The molecule has 5 rings (SSSR count). The summed E-state index contributed by atoms with van der Waals surface area (Å²) >= 11 is 0. The Bertz CT molecular complexity index is 1020. The van der Waals surface area contributed by atoms with Gasteiger partial charge >= 0.3 is 0 Å². The number of piperidine rings is 1. The Morgan fingerprint density at radius 1 is 0.933 bits per heavy atom. The van der Waals surface area contributed by atoms with Crippen molar-refractivity contribution in [3.05, 3.63) is 29.1 Å². The molecule has 4 aliphatic rings. The molecule has 3 fully saturated rings. The van der Waals surface area contributed by atoms with Crippen LogP contribution < -0.4 is 10.2 Å². The van der Waals surface area contributed by atoms with E-state index in [0.717, 1.165) is 23.8 Å². The van der Waals surface area contributed by atoms with Gasteiger partial charge in [-0.1, -0.05) is 0 Å². The smallest absolute Gasteiger partial charge is 0.262 e. The maximum atomic E-state index is 14.8. The monoisotopic (exact) mass is 413 g/mol. The first-order valence-electron chi connectivity index (χ1n) is 10.1. The van der Waals surface area contributed by atoms with E-state index in [1.165, 1.54) is 6.07 Å². The maximum Gasteiger partial charge on any atom is 0.262 e. The molecule has 0 radical (unpaired) electrons. The quantitative estimate of drug-likeness (QED) is 0.731. The Kier molecular flexibility index (Phi) is 4.06. The summed E-state index contributed by atoms with van der Waals surface area (Å²) < 4.78 is 14.8. The molecule has 1 aromatic rings. The highest BCUT2D eigenvalue weighted by molar-refractivity contribution is 6.23. The van der Waals surface area contributed by atoms with Gasteiger partial charge in [-0.3, -0.25) is 34.2 Å². The van der Waals surface area contributed by atoms with E-state index in [1.807, 2.05) is 4.90 Å². The number of halogens is 1. The van der Waals surface area contributed by atoms with Gasteiger partial charge in [0.05, 0.1) is 16.8 Å². The number of amides is 4. The van der Waals surface area contributed by atoms with Crippen LogP contribution >= 0.6 is 0 Å². The van der Waals surface area contributed by atoms with Gasteiger partial charge in [0, 0.05) is 37.8 Å². The van der Waals surface area contributed by atoms with Crippen molar-refractivity contribution in [1.29, 1.82) is 0 Å². The van der Waals surface area contributed by atoms with Gasteiger partial charge < -0.3 is 4.90 Å². The lowest BCUT2D eigenvalue weighted by atomic mass is 9.68. The summed E-state index contributed by atoms with van der Waals surface area (Å²) in [6.07, 6.45) is 2.76. The molecular weight excluding hydrogens is 393 g/mol. The first-order chi connectivity index (χ1) is 14.3. The van der Waals surface area contributed by atoms with Crippen molar-refractivity contribution >= 4 is 35.1 Å². The lowest BCUT2D eigenvalue weighted by Gasteiger charge is -2.53. The van der Waals surface area contributed by atoms with E-state index in [-0.39, 0.29) is 40.9 Å². The van der Waals surface area contributed by atoms with Crippen LogP contribution in [0.15, 0.2) is 12.1 Å². The van der Waals surface area contributed by atoms with Crippen molar-refractivity contribution in [2.45, 2.75) is 44.6 Å². The third-order valence-corrected chi connectivity index (χ3v) is 6.77. The van der Waals surface area contributed by atoms with E-state index in [9.17, 15) is 28.4 Å². The average Bonchev–Trinajstić information content (AvgIpc) is 2.91. The minimum absolute atomic E-state index is 0.0119. The summed E-state index contributed by atoms with van der Waals surface area (Å²) in [6.45, 7) is 1.21. The summed E-state index contributed by atoms with van der Waals surface area (Å²) in [6, 6.07) is 1.37. The van der Waals surface area contributed by atoms with E-state index in [1.54, 1.807) is 0 Å². The fraction of sp³-hybridized carbons (Fsp3) is 0.476. The predicted octanol–water partition coefficient (Wildman–Crippen LogP) is 1.18. The molecule has 1 aromatic carbocycles. The molecule has 1 N–H and O–H groups in total. The molecule has 2 saturated heterocycles. The van der Waals surface area contributed by atoms with Crippen LogP contribution in [0.25, 0.3) is 0 Å². The average molecular weight is 413 g/mol. The lowest BCUT2D eigenvalue weighted by molar-refractivity contribution is -0.136. The number of carbonyl (C=O) groups excluding carboxylic acids is 5. The van der Waals surface area contributed by atoms with Crippen LogP contribution in [0.3, 0.4) is 0 Å². The highest BCUT2D eigenvalue weighted by Gasteiger charge is 2.48. The molecular formula is C21H20FN3O5. The van der Waals surface area contributed by atoms with Crippen LogP contribution in [-0.2, 0) is 14.4 Å². The number of nitrogens with one attached hydrogen (secondary N) is 1. The van der Waals surface area contributed by atoms with Crippen molar-refractivity contribution in [3.63, 3.8) is 0 Å². The number of hydrogen-bond donors (Lipinski definition) is 1. The number of imide groups is 2. The number of Topliss-reactive ketones (excluding diaryl/α,β-unsaturated/α-hetero) is 1. The molecule has 156 valence electrons. The molecule has 1 saturated carbocycles. The van der Waals surface area contributed by atoms with Gasteiger partial charge in [-0.25, -0.2) is 4.39 Å². The Hall–Kier alpha value is -3.10. The Labute approximate surface area is 171 Å². The van der Waals surface area contributed by atoms with Gasteiger partial charge in [-0.05, 0) is 31.4 Å². The van der Waals surface area contributed by atoms with Crippen molar-refractivity contribution in [2.75, 3.05) is 18.0 Å². The van der Waals surface area contributed by atoms with Gasteiger partial charge in [0.2, 0.25) is 11.8 Å². The van der Waals surface area contributed by atoms with Gasteiger partial charge in [-0.2, -0.15) is 0 Å². The molecule has 1 atom stereocenters. The molecule has 8 nitrogen and oxygen atoms in total. The van der Waals surface area contributed by atoms with Crippen molar-refractivity contribution in [1.82, 2.24) is 10.2 Å². The second kappa shape index (κ2) is 6.45. The second-order valence-corrected chi connectivity index (χ2v) is 8.69. The van der Waals surface area contributed by atoms with Crippen LogP contribution in [0.5, 0.6) is 0 Å². The van der Waals surface area contributed by atoms with Crippen LogP contribution in [0.2, 0.25) is 0 Å². The molecule has 3 aliphatic heterocycles. The third kappa shape index (κ3) is 2.75. The lowest BCUT2D eigenvalue weighted by Crippen LogP contribution is -2.58. The van der Waals surface area contributed by atoms with Crippen LogP contribution in [0.4, 0.5) is 10.1 Å². The number of ketones is 1. The normalized spacial score (nSPS) is 25.5. The van der Waals surface area contributed by atoms with Crippen molar-refractivity contribution in [3.8, 4) is 0 Å². The largest absolute Gasteiger partial charge is 0.368 e. The maximum absolute atomic E-state index is 14.8. The van der Waals surface area contributed by atoms with E-state index >= 15 is 0 Å². The number of anilines is 1. The minimum Gasteiger partial charge on any atom is -0.368 e. The first kappa shape index (κ1) is 18.9. The number of benzene rings is 1. The van der Waals surface area contributed by atoms with Crippen LogP contribution in [-0.4, -0.2) is 53.4 Å².